The normalized spacial score (nSPS) is 15.9. The number of benzene rings is 2. The summed E-state index contributed by atoms with van der Waals surface area (Å²) in [6, 6.07) is 9.90. The van der Waals surface area contributed by atoms with Gasteiger partial charge in [-0.1, -0.05) is 52.0 Å². The second-order valence-electron chi connectivity index (χ2n) is 16.1. The minimum Gasteiger partial charge on any atom is -0.379 e. The van der Waals surface area contributed by atoms with Crippen LogP contribution < -0.4 is 21.1 Å². The number of nitrogens with two attached hydrogens (primary N) is 1. The van der Waals surface area contributed by atoms with E-state index in [1.807, 2.05) is 64.4 Å². The molecule has 2 heterocycles. The number of sulfonamides is 1. The Balaban J connectivity index is 1.02. The van der Waals surface area contributed by atoms with Gasteiger partial charge in [0.15, 0.2) is 0 Å². The first kappa shape index (κ1) is 51.0. The average Bonchev–Trinajstić information content (AvgIpc) is 3.85. The zero-order valence-corrected chi connectivity index (χ0v) is 38.2. The van der Waals surface area contributed by atoms with Crippen molar-refractivity contribution in [1.82, 2.24) is 20.5 Å². The maximum absolute atomic E-state index is 14.0. The number of amides is 3. The third-order valence-corrected chi connectivity index (χ3v) is 11.8. The number of carbonyl (C=O) groups is 3. The fraction of sp³-hybridized carbons (Fsp3) is 0.571. The number of carbonyl (C=O) groups excluding carboxylic acids is 3. The van der Waals surface area contributed by atoms with E-state index in [1.54, 1.807) is 16.2 Å². The quantitative estimate of drug-likeness (QED) is 0.0484. The van der Waals surface area contributed by atoms with Gasteiger partial charge in [-0.2, -0.15) is 0 Å². The lowest BCUT2D eigenvalue weighted by Crippen LogP contribution is -2.57. The van der Waals surface area contributed by atoms with Crippen molar-refractivity contribution in [2.24, 2.45) is 16.5 Å². The van der Waals surface area contributed by atoms with Gasteiger partial charge in [-0.05, 0) is 47.9 Å². The van der Waals surface area contributed by atoms with E-state index < -0.39 is 38.1 Å². The molecular formula is C42H61N7O12S2. The van der Waals surface area contributed by atoms with Crippen LogP contribution in [-0.4, -0.2) is 132 Å². The van der Waals surface area contributed by atoms with Gasteiger partial charge in [0.1, 0.15) is 17.8 Å². The molecule has 0 bridgehead atoms. The number of nitro groups is 1. The van der Waals surface area contributed by atoms with Crippen molar-refractivity contribution >= 4 is 50.5 Å². The topological polar surface area (TPSA) is 253 Å². The smallest absolute Gasteiger partial charge is 0.293 e. The number of likely N-dealkylation sites (tertiary alicyclic amines) is 1. The van der Waals surface area contributed by atoms with Crippen molar-refractivity contribution in [1.29, 1.82) is 0 Å². The Labute approximate surface area is 372 Å². The Morgan fingerprint density at radius 1 is 0.937 bits per heavy atom. The minimum absolute atomic E-state index is 0.0528. The minimum atomic E-state index is -4.07. The molecule has 348 valence electrons. The van der Waals surface area contributed by atoms with E-state index in [0.29, 0.717) is 65.8 Å². The number of hydrogen-bond donors (Lipinski definition) is 4. The van der Waals surface area contributed by atoms with Gasteiger partial charge >= 0.3 is 0 Å². The molecule has 0 aliphatic carbocycles. The molecule has 1 fully saturated rings. The average molecular weight is 920 g/mol. The van der Waals surface area contributed by atoms with E-state index in [4.69, 9.17) is 28.8 Å². The highest BCUT2D eigenvalue weighted by molar-refractivity contribution is 7.89. The summed E-state index contributed by atoms with van der Waals surface area (Å²) in [6.07, 6.45) is 0.589. The maximum atomic E-state index is 14.0. The molecule has 3 aromatic rings. The third kappa shape index (κ3) is 16.8. The number of ether oxygens (including phenoxy) is 5. The molecular weight excluding hydrogens is 859 g/mol. The number of rotatable bonds is 27. The lowest BCUT2D eigenvalue weighted by molar-refractivity contribution is -0.384. The van der Waals surface area contributed by atoms with Crippen LogP contribution in [0.15, 0.2) is 52.9 Å². The van der Waals surface area contributed by atoms with Gasteiger partial charge in [-0.3, -0.25) is 24.5 Å². The molecule has 21 heteroatoms. The Hall–Kier alpha value is -4.61. The Bertz CT molecular complexity index is 2060. The summed E-state index contributed by atoms with van der Waals surface area (Å²) < 4.78 is 50.5. The number of nitrogens with zero attached hydrogens (tertiary/aromatic N) is 3. The molecule has 0 saturated carbocycles. The maximum Gasteiger partial charge on any atom is 0.293 e. The number of aromatic nitrogens is 1. The molecule has 3 amide bonds. The molecule has 0 unspecified atom stereocenters. The van der Waals surface area contributed by atoms with Crippen molar-refractivity contribution in [3.63, 3.8) is 0 Å². The van der Waals surface area contributed by atoms with Gasteiger partial charge in [-0.15, -0.1) is 11.3 Å². The predicted molar refractivity (Wildman–Crippen MR) is 236 cm³/mol. The number of anilines is 1. The van der Waals surface area contributed by atoms with Crippen LogP contribution in [0, 0.1) is 28.4 Å². The highest BCUT2D eigenvalue weighted by Crippen LogP contribution is 2.30. The first-order valence-corrected chi connectivity index (χ1v) is 23.2. The molecule has 19 nitrogen and oxygen atoms in total. The standard InChI is InChI=1S/C42H61N7O12S2/c1-29-24-36(40(51)45-26-31-6-8-32(9-7-31)38-30(2)46-28-62-38)48(27-29)41(52)39(42(3,4)5)47-37(50)12-14-57-16-18-59-20-22-61-23-21-60-19-17-58-15-13-44-34-11-10-33(63(43,55)56)25-35(34)49(53)54/h6-11,25,28-29,36,39,44H,12-24,26-27H2,1-5H3,(H,45,51)(H,47,50)(H2,43,55,56)/t29-,36+,39-/m1/s1. The van der Waals surface area contributed by atoms with Gasteiger partial charge in [0, 0.05) is 32.1 Å². The van der Waals surface area contributed by atoms with Crippen LogP contribution in [0.3, 0.4) is 0 Å². The van der Waals surface area contributed by atoms with Crippen LogP contribution in [0.5, 0.6) is 0 Å². The molecule has 63 heavy (non-hydrogen) atoms. The molecule has 0 radical (unpaired) electrons. The first-order chi connectivity index (χ1) is 30.0. The van der Waals surface area contributed by atoms with E-state index in [1.165, 1.54) is 12.1 Å². The SMILES string of the molecule is Cc1ncsc1-c1ccc(CNC(=O)[C@@H]2C[C@@H](C)CN2C(=O)[C@@H](NC(=O)CCOCCOCCOCCOCCOCCNc2ccc(S(N)(=O)=O)cc2[N+](=O)[O-])C(C)(C)C)cc1. The van der Waals surface area contributed by atoms with Crippen LogP contribution in [0.4, 0.5) is 11.4 Å². The predicted octanol–water partition coefficient (Wildman–Crippen LogP) is 3.64. The van der Waals surface area contributed by atoms with Crippen LogP contribution in [0.1, 0.15) is 51.8 Å². The monoisotopic (exact) mass is 919 g/mol. The first-order valence-electron chi connectivity index (χ1n) is 20.8. The summed E-state index contributed by atoms with van der Waals surface area (Å²) in [4.78, 5) is 57.7. The fourth-order valence-corrected chi connectivity index (χ4v) is 7.98. The second-order valence-corrected chi connectivity index (χ2v) is 18.5. The van der Waals surface area contributed by atoms with Gasteiger partial charge in [0.05, 0.1) is 92.0 Å². The Morgan fingerprint density at radius 2 is 1.52 bits per heavy atom. The Kier molecular flexibility index (Phi) is 20.3. The van der Waals surface area contributed by atoms with E-state index in [9.17, 15) is 32.9 Å². The second kappa shape index (κ2) is 25.0. The van der Waals surface area contributed by atoms with Crippen molar-refractivity contribution in [3.05, 3.63) is 69.3 Å². The number of hydrogen-bond acceptors (Lipinski definition) is 15. The lowest BCUT2D eigenvalue weighted by atomic mass is 9.85. The number of thiazole rings is 1. The van der Waals surface area contributed by atoms with E-state index in [-0.39, 0.29) is 67.0 Å². The number of nitrogens with one attached hydrogen (secondary N) is 3. The van der Waals surface area contributed by atoms with E-state index in [2.05, 4.69) is 20.9 Å². The van der Waals surface area contributed by atoms with Crippen molar-refractivity contribution in [3.8, 4) is 10.4 Å². The largest absolute Gasteiger partial charge is 0.379 e. The fourth-order valence-electron chi connectivity index (χ4n) is 6.64. The van der Waals surface area contributed by atoms with Gasteiger partial charge in [0.25, 0.3) is 5.69 Å². The van der Waals surface area contributed by atoms with Crippen LogP contribution >= 0.6 is 11.3 Å². The van der Waals surface area contributed by atoms with Crippen molar-refractivity contribution in [2.45, 2.75) is 71.0 Å². The Morgan fingerprint density at radius 3 is 2.06 bits per heavy atom. The van der Waals surface area contributed by atoms with Crippen molar-refractivity contribution in [2.75, 3.05) is 84.5 Å². The molecule has 4 rings (SSSR count). The highest BCUT2D eigenvalue weighted by atomic mass is 32.2. The van der Waals surface area contributed by atoms with Gasteiger partial charge in [0.2, 0.25) is 27.7 Å². The zero-order chi connectivity index (χ0) is 46.0. The zero-order valence-electron chi connectivity index (χ0n) is 36.6. The summed E-state index contributed by atoms with van der Waals surface area (Å²) in [5.74, 6) is -0.700. The van der Waals surface area contributed by atoms with Crippen LogP contribution in [0.25, 0.3) is 10.4 Å². The van der Waals surface area contributed by atoms with Crippen LogP contribution in [-0.2, 0) is 54.6 Å². The lowest BCUT2D eigenvalue weighted by Gasteiger charge is -2.35. The number of nitro benzene ring substituents is 1. The summed E-state index contributed by atoms with van der Waals surface area (Å²) in [5.41, 5.74) is 3.95. The molecule has 1 saturated heterocycles. The van der Waals surface area contributed by atoms with Gasteiger partial charge in [-0.25, -0.2) is 18.5 Å². The van der Waals surface area contributed by atoms with Crippen LogP contribution in [0.2, 0.25) is 0 Å². The molecule has 1 aromatic heterocycles. The molecule has 3 atom stereocenters. The molecule has 2 aromatic carbocycles. The molecule has 1 aliphatic rings. The van der Waals surface area contributed by atoms with E-state index in [0.717, 1.165) is 27.8 Å². The summed E-state index contributed by atoms with van der Waals surface area (Å²) in [7, 11) is -4.07. The summed E-state index contributed by atoms with van der Waals surface area (Å²) in [5, 5.41) is 25.1. The number of aryl methyl sites for hydroxylation is 1. The molecule has 0 spiro atoms. The van der Waals surface area contributed by atoms with E-state index >= 15 is 0 Å². The molecule has 5 N–H and O–H groups in total. The summed E-state index contributed by atoms with van der Waals surface area (Å²) >= 11 is 1.59. The summed E-state index contributed by atoms with van der Waals surface area (Å²) in [6.45, 7) is 13.6. The molecule has 1 aliphatic heterocycles. The third-order valence-electron chi connectivity index (χ3n) is 9.96. The highest BCUT2D eigenvalue weighted by Gasteiger charge is 2.43. The van der Waals surface area contributed by atoms with Crippen molar-refractivity contribution < 1.29 is 51.4 Å². The van der Waals surface area contributed by atoms with Gasteiger partial charge < -0.3 is 44.5 Å². The number of primary sulfonamides is 1.